The Bertz CT molecular complexity index is 1400. The maximum Gasteiger partial charge on any atom is 0.0404 e. The molecule has 5 heterocycles. The van der Waals surface area contributed by atoms with Crippen LogP contribution in [0.15, 0.2) is 73.4 Å². The smallest absolute Gasteiger partial charge is 0.0404 e. The second kappa shape index (κ2) is 19.0. The van der Waals surface area contributed by atoms with Crippen LogP contribution in [0, 0.1) is 90.0 Å². The zero-order chi connectivity index (χ0) is 32.5. The molecule has 0 fully saturated rings. The van der Waals surface area contributed by atoms with Crippen LogP contribution in [-0.2, 0) is 0 Å². The van der Waals surface area contributed by atoms with Gasteiger partial charge in [-0.3, -0.25) is 24.9 Å². The van der Waals surface area contributed by atoms with Gasteiger partial charge in [-0.2, -0.15) is 0 Å². The zero-order valence-corrected chi connectivity index (χ0v) is 28.7. The summed E-state index contributed by atoms with van der Waals surface area (Å²) in [5.41, 5.74) is 15.9. The van der Waals surface area contributed by atoms with E-state index in [4.69, 9.17) is 0 Å². The molecule has 0 aliphatic carbocycles. The van der Waals surface area contributed by atoms with Gasteiger partial charge in [0.05, 0.1) is 0 Å². The maximum atomic E-state index is 4.27. The van der Waals surface area contributed by atoms with Crippen LogP contribution in [0.5, 0.6) is 0 Å². The molecule has 0 unspecified atom stereocenters. The fourth-order valence-electron chi connectivity index (χ4n) is 3.40. The van der Waals surface area contributed by atoms with E-state index in [0.717, 1.165) is 28.5 Å². The van der Waals surface area contributed by atoms with E-state index in [-0.39, 0.29) is 0 Å². The van der Waals surface area contributed by atoms with Crippen molar-refractivity contribution >= 4 is 0 Å². The van der Waals surface area contributed by atoms with Crippen molar-refractivity contribution < 1.29 is 0 Å². The SMILES string of the molecule is Cc1cc(C)c(C)cn1.Cc1ccc(C)c(C)n1.Cc1cccnc1C.Cc1ccnc(C)c1C.Cc1ccncc1C. The topological polar surface area (TPSA) is 64.5 Å². The molecule has 5 aromatic heterocycles. The molecule has 228 valence electrons. The Hall–Kier alpha value is -4.25. The predicted molar refractivity (Wildman–Crippen MR) is 183 cm³/mol. The number of aromatic nitrogens is 5. The summed E-state index contributed by atoms with van der Waals surface area (Å²) in [6.45, 7) is 26.7. The van der Waals surface area contributed by atoms with Crippen molar-refractivity contribution in [3.8, 4) is 0 Å². The minimum atomic E-state index is 1.10. The van der Waals surface area contributed by atoms with E-state index in [0.29, 0.717) is 0 Å². The van der Waals surface area contributed by atoms with Gasteiger partial charge in [0, 0.05) is 59.5 Å². The number of pyridine rings is 5. The predicted octanol–water partition coefficient (Wildman–Crippen LogP) is 9.42. The Labute approximate surface area is 261 Å². The molecule has 0 aliphatic rings. The van der Waals surface area contributed by atoms with Crippen LogP contribution < -0.4 is 0 Å². The summed E-state index contributed by atoms with van der Waals surface area (Å²) >= 11 is 0. The number of aryl methyl sites for hydroxylation is 12. The summed E-state index contributed by atoms with van der Waals surface area (Å²) in [5.74, 6) is 0. The summed E-state index contributed by atoms with van der Waals surface area (Å²) in [6, 6.07) is 14.3. The van der Waals surface area contributed by atoms with Crippen LogP contribution in [0.25, 0.3) is 0 Å². The number of nitrogens with zero attached hydrogens (tertiary/aromatic N) is 5. The lowest BCUT2D eigenvalue weighted by Gasteiger charge is -1.99. The second-order valence-electron chi connectivity index (χ2n) is 11.0. The monoisotopic (exact) mass is 577 g/mol. The van der Waals surface area contributed by atoms with Crippen molar-refractivity contribution in [3.05, 3.63) is 146 Å². The lowest BCUT2D eigenvalue weighted by molar-refractivity contribution is 1.09. The molecule has 0 spiro atoms. The van der Waals surface area contributed by atoms with Crippen LogP contribution in [-0.4, -0.2) is 24.9 Å². The molecular weight excluding hydrogens is 526 g/mol. The Morgan fingerprint density at radius 1 is 0.395 bits per heavy atom. The van der Waals surface area contributed by atoms with Crippen LogP contribution >= 0.6 is 0 Å². The zero-order valence-electron chi connectivity index (χ0n) is 28.7. The lowest BCUT2D eigenvalue weighted by Crippen LogP contribution is -1.87. The summed E-state index contributed by atoms with van der Waals surface area (Å²) in [6.07, 6.45) is 9.24. The molecule has 0 radical (unpaired) electrons. The van der Waals surface area contributed by atoms with E-state index in [1.165, 1.54) is 44.5 Å². The van der Waals surface area contributed by atoms with Crippen LogP contribution in [0.2, 0.25) is 0 Å². The molecule has 0 amide bonds. The van der Waals surface area contributed by atoms with Crippen LogP contribution in [0.4, 0.5) is 0 Å². The van der Waals surface area contributed by atoms with E-state index in [2.05, 4.69) is 98.5 Å². The first-order valence-electron chi connectivity index (χ1n) is 14.7. The summed E-state index contributed by atoms with van der Waals surface area (Å²) in [7, 11) is 0. The highest BCUT2D eigenvalue weighted by Gasteiger charge is 1.94. The number of rotatable bonds is 0. The largest absolute Gasteiger partial charge is 0.264 e. The van der Waals surface area contributed by atoms with E-state index in [1.807, 2.05) is 89.9 Å². The van der Waals surface area contributed by atoms with E-state index >= 15 is 0 Å². The minimum Gasteiger partial charge on any atom is -0.264 e. The standard InChI is InChI=1S/3C8H11N.2C7H9N/c1-6-4-8(3)9-5-7(6)2;1-6-4-5-9-8(3)7(6)2;1-6-4-5-7(2)9-8(6)3;1-6-3-4-8-5-7(6)2;1-6-4-3-5-8-7(6)2/h3*4-5H,1-3H3;2*3-5H,1-2H3. The quantitative estimate of drug-likeness (QED) is 0.183. The maximum absolute atomic E-state index is 4.27. The highest BCUT2D eigenvalue weighted by molar-refractivity contribution is 5.26. The van der Waals surface area contributed by atoms with Gasteiger partial charge >= 0.3 is 0 Å². The van der Waals surface area contributed by atoms with Crippen molar-refractivity contribution in [1.29, 1.82) is 0 Å². The van der Waals surface area contributed by atoms with Gasteiger partial charge < -0.3 is 0 Å². The van der Waals surface area contributed by atoms with Crippen molar-refractivity contribution in [3.63, 3.8) is 0 Å². The first-order valence-corrected chi connectivity index (χ1v) is 14.7. The highest BCUT2D eigenvalue weighted by atomic mass is 14.7. The molecule has 0 aliphatic heterocycles. The Morgan fingerprint density at radius 3 is 1.42 bits per heavy atom. The molecule has 0 atom stereocenters. The summed E-state index contributed by atoms with van der Waals surface area (Å²) in [4.78, 5) is 20.6. The molecule has 5 rings (SSSR count). The molecular formula is C38H51N5. The van der Waals surface area contributed by atoms with E-state index in [1.54, 1.807) is 0 Å². The highest BCUT2D eigenvalue weighted by Crippen LogP contribution is 2.07. The normalized spacial score (nSPS) is 9.51. The molecule has 0 saturated carbocycles. The van der Waals surface area contributed by atoms with E-state index < -0.39 is 0 Å². The molecule has 0 aromatic carbocycles. The lowest BCUT2D eigenvalue weighted by atomic mass is 10.1. The number of hydrogen-bond acceptors (Lipinski definition) is 5. The molecule has 0 saturated heterocycles. The molecule has 0 N–H and O–H groups in total. The fraction of sp³-hybridized carbons (Fsp3) is 0.342. The first-order chi connectivity index (χ1) is 20.2. The second-order valence-corrected chi connectivity index (χ2v) is 11.0. The Balaban J connectivity index is 0.000000269. The van der Waals surface area contributed by atoms with Gasteiger partial charge in [-0.15, -0.1) is 0 Å². The van der Waals surface area contributed by atoms with Crippen LogP contribution in [0.3, 0.4) is 0 Å². The third-order valence-corrected chi connectivity index (χ3v) is 7.30. The molecule has 0 bridgehead atoms. The molecule has 43 heavy (non-hydrogen) atoms. The average molecular weight is 578 g/mol. The van der Waals surface area contributed by atoms with Gasteiger partial charge in [-0.1, -0.05) is 12.1 Å². The van der Waals surface area contributed by atoms with Gasteiger partial charge in [0.1, 0.15) is 0 Å². The van der Waals surface area contributed by atoms with Crippen molar-refractivity contribution in [2.24, 2.45) is 0 Å². The summed E-state index contributed by atoms with van der Waals surface area (Å²) in [5, 5.41) is 0. The summed E-state index contributed by atoms with van der Waals surface area (Å²) < 4.78 is 0. The number of hydrogen-bond donors (Lipinski definition) is 0. The van der Waals surface area contributed by atoms with Gasteiger partial charge in [-0.05, 0) is 165 Å². The van der Waals surface area contributed by atoms with E-state index in [9.17, 15) is 0 Å². The van der Waals surface area contributed by atoms with Crippen molar-refractivity contribution in [2.45, 2.75) is 90.0 Å². The van der Waals surface area contributed by atoms with Gasteiger partial charge in [-0.25, -0.2) is 0 Å². The third kappa shape index (κ3) is 14.5. The first kappa shape index (κ1) is 36.8. The van der Waals surface area contributed by atoms with Gasteiger partial charge in [0.25, 0.3) is 0 Å². The molecule has 5 aromatic rings. The van der Waals surface area contributed by atoms with Crippen molar-refractivity contribution in [1.82, 2.24) is 24.9 Å². The van der Waals surface area contributed by atoms with Crippen molar-refractivity contribution in [2.75, 3.05) is 0 Å². The Morgan fingerprint density at radius 2 is 1.00 bits per heavy atom. The minimum absolute atomic E-state index is 1.10. The average Bonchev–Trinajstić information content (AvgIpc) is 2.96. The van der Waals surface area contributed by atoms with Gasteiger partial charge in [0.15, 0.2) is 0 Å². The third-order valence-electron chi connectivity index (χ3n) is 7.30. The van der Waals surface area contributed by atoms with Crippen LogP contribution in [0.1, 0.15) is 73.0 Å². The molecule has 5 nitrogen and oxygen atoms in total. The molecule has 5 heteroatoms. The Kier molecular flexibility index (Phi) is 16.3. The fourth-order valence-corrected chi connectivity index (χ4v) is 3.40. The van der Waals surface area contributed by atoms with Gasteiger partial charge in [0.2, 0.25) is 0 Å².